The molecule has 0 spiro atoms. The number of ether oxygens (including phenoxy) is 2. The second-order valence-electron chi connectivity index (χ2n) is 7.93. The summed E-state index contributed by atoms with van der Waals surface area (Å²) >= 11 is 0. The van der Waals surface area contributed by atoms with Gasteiger partial charge in [0.1, 0.15) is 30.3 Å². The summed E-state index contributed by atoms with van der Waals surface area (Å²) in [5.74, 6) is 1.87. The van der Waals surface area contributed by atoms with Gasteiger partial charge in [0, 0.05) is 25.1 Å². The molecule has 0 aliphatic carbocycles. The Bertz CT molecular complexity index is 1130. The van der Waals surface area contributed by atoms with Crippen LogP contribution in [0, 0.1) is 16.7 Å². The monoisotopic (exact) mass is 449 g/mol. The van der Waals surface area contributed by atoms with Gasteiger partial charge in [-0.3, -0.25) is 0 Å². The molecule has 0 saturated carbocycles. The topological polar surface area (TPSA) is 134 Å². The maximum absolute atomic E-state index is 12.0. The Morgan fingerprint density at radius 2 is 2.00 bits per heavy atom. The minimum absolute atomic E-state index is 0.350. The first-order valence-electron chi connectivity index (χ1n) is 10.5. The predicted molar refractivity (Wildman–Crippen MR) is 125 cm³/mol. The van der Waals surface area contributed by atoms with Crippen LogP contribution < -0.4 is 20.7 Å². The molecule has 2 aromatic heterocycles. The molecule has 0 atom stereocenters. The minimum Gasteiger partial charge on any atom is -0.491 e. The molecule has 10 nitrogen and oxygen atoms in total. The molecule has 0 saturated heterocycles. The number of pyridine rings is 1. The molecule has 0 bridgehead atoms. The first-order chi connectivity index (χ1) is 15.9. The molecular formula is C23H27N7O3. The van der Waals surface area contributed by atoms with Crippen LogP contribution in [0.2, 0.25) is 0 Å². The zero-order valence-corrected chi connectivity index (χ0v) is 18.9. The fourth-order valence-corrected chi connectivity index (χ4v) is 2.85. The van der Waals surface area contributed by atoms with Gasteiger partial charge in [-0.15, -0.1) is 0 Å². The van der Waals surface area contributed by atoms with Crippen molar-refractivity contribution in [1.82, 2.24) is 20.3 Å². The zero-order chi connectivity index (χ0) is 23.7. The summed E-state index contributed by atoms with van der Waals surface area (Å²) in [5.41, 5.74) is 0.797. The van der Waals surface area contributed by atoms with Crippen LogP contribution >= 0.6 is 0 Å². The zero-order valence-electron chi connectivity index (χ0n) is 18.9. The number of nitrogens with one attached hydrogen (secondary N) is 3. The van der Waals surface area contributed by atoms with E-state index in [0.29, 0.717) is 49.3 Å². The van der Waals surface area contributed by atoms with Crippen LogP contribution in [-0.4, -0.2) is 47.9 Å². The van der Waals surface area contributed by atoms with Crippen LogP contribution in [-0.2, 0) is 4.74 Å². The number of hydrogen-bond acceptors (Lipinski definition) is 8. The first kappa shape index (κ1) is 23.7. The van der Waals surface area contributed by atoms with Gasteiger partial charge in [-0.25, -0.2) is 19.7 Å². The number of carbonyl (C=O) groups is 1. The van der Waals surface area contributed by atoms with Crippen molar-refractivity contribution < 1.29 is 14.3 Å². The second-order valence-corrected chi connectivity index (χ2v) is 7.93. The number of methoxy groups -OCH3 is 1. The Morgan fingerprint density at radius 3 is 2.73 bits per heavy atom. The summed E-state index contributed by atoms with van der Waals surface area (Å²) < 4.78 is 10.6. The number of nitriles is 1. The number of amides is 2. The lowest BCUT2D eigenvalue weighted by Gasteiger charge is -2.15. The van der Waals surface area contributed by atoms with Crippen molar-refractivity contribution in [2.24, 2.45) is 5.41 Å². The Morgan fingerprint density at radius 1 is 1.15 bits per heavy atom. The lowest BCUT2D eigenvalue weighted by atomic mass is 9.92. The average Bonchev–Trinajstić information content (AvgIpc) is 2.80. The summed E-state index contributed by atoms with van der Waals surface area (Å²) in [7, 11) is 1.62. The molecule has 0 radical (unpaired) electrons. The Kier molecular flexibility index (Phi) is 7.94. The van der Waals surface area contributed by atoms with E-state index >= 15 is 0 Å². The highest BCUT2D eigenvalue weighted by atomic mass is 16.5. The van der Waals surface area contributed by atoms with Gasteiger partial charge in [0.05, 0.1) is 35.5 Å². The van der Waals surface area contributed by atoms with E-state index in [1.165, 1.54) is 6.33 Å². The summed E-state index contributed by atoms with van der Waals surface area (Å²) in [6.07, 6.45) is 3.58. The van der Waals surface area contributed by atoms with Crippen molar-refractivity contribution in [3.05, 3.63) is 42.9 Å². The number of fused-ring (bicyclic) bond motifs is 1. The Labute approximate surface area is 192 Å². The Balaban J connectivity index is 1.59. The van der Waals surface area contributed by atoms with E-state index in [1.54, 1.807) is 25.4 Å². The number of nitrogens with zero attached hydrogens (tertiary/aromatic N) is 4. The van der Waals surface area contributed by atoms with Gasteiger partial charge in [0.2, 0.25) is 0 Å². The molecule has 3 N–H and O–H groups in total. The smallest absolute Gasteiger partial charge is 0.319 e. The lowest BCUT2D eigenvalue weighted by molar-refractivity contribution is 0.146. The van der Waals surface area contributed by atoms with Gasteiger partial charge in [-0.1, -0.05) is 0 Å². The summed E-state index contributed by atoms with van der Waals surface area (Å²) in [6.45, 7) is 5.03. The van der Waals surface area contributed by atoms with Crippen molar-refractivity contribution in [3.8, 4) is 11.8 Å². The van der Waals surface area contributed by atoms with Gasteiger partial charge in [0.25, 0.3) is 0 Å². The molecule has 3 rings (SSSR count). The van der Waals surface area contributed by atoms with E-state index in [4.69, 9.17) is 14.7 Å². The molecule has 33 heavy (non-hydrogen) atoms. The van der Waals surface area contributed by atoms with E-state index in [0.717, 1.165) is 10.9 Å². The fourth-order valence-electron chi connectivity index (χ4n) is 2.85. The highest BCUT2D eigenvalue weighted by Crippen LogP contribution is 2.26. The highest BCUT2D eigenvalue weighted by Gasteiger charge is 2.16. The van der Waals surface area contributed by atoms with Crippen molar-refractivity contribution in [3.63, 3.8) is 0 Å². The van der Waals surface area contributed by atoms with Crippen molar-refractivity contribution in [1.29, 1.82) is 5.26 Å². The number of rotatable bonds is 10. The molecule has 0 unspecified atom stereocenters. The third-order valence-electron chi connectivity index (χ3n) is 4.77. The normalized spacial score (nSPS) is 11.0. The molecule has 0 aliphatic rings. The van der Waals surface area contributed by atoms with Crippen LogP contribution in [0.5, 0.6) is 5.75 Å². The number of benzene rings is 1. The van der Waals surface area contributed by atoms with E-state index < -0.39 is 5.41 Å². The van der Waals surface area contributed by atoms with Gasteiger partial charge in [0.15, 0.2) is 0 Å². The molecule has 1 aromatic carbocycles. The van der Waals surface area contributed by atoms with Crippen LogP contribution in [0.4, 0.5) is 22.1 Å². The van der Waals surface area contributed by atoms with Crippen LogP contribution in [0.25, 0.3) is 10.9 Å². The van der Waals surface area contributed by atoms with E-state index in [9.17, 15) is 4.79 Å². The summed E-state index contributed by atoms with van der Waals surface area (Å²) in [4.78, 5) is 25.0. The highest BCUT2D eigenvalue weighted by molar-refractivity contribution is 5.91. The van der Waals surface area contributed by atoms with Crippen molar-refractivity contribution in [2.75, 3.05) is 37.5 Å². The quantitative estimate of drug-likeness (QED) is 0.397. The van der Waals surface area contributed by atoms with E-state index in [1.807, 2.05) is 32.0 Å². The van der Waals surface area contributed by atoms with Gasteiger partial charge in [-0.2, -0.15) is 5.26 Å². The fraction of sp³-hybridized carbons (Fsp3) is 0.348. The van der Waals surface area contributed by atoms with Crippen LogP contribution in [0.1, 0.15) is 20.3 Å². The second kappa shape index (κ2) is 11.1. The summed E-state index contributed by atoms with van der Waals surface area (Å²) in [5, 5.41) is 18.5. The third-order valence-corrected chi connectivity index (χ3v) is 4.77. The molecular weight excluding hydrogens is 422 g/mol. The Hall–Kier alpha value is -3.97. The van der Waals surface area contributed by atoms with Gasteiger partial charge < -0.3 is 25.4 Å². The number of hydrogen-bond donors (Lipinski definition) is 3. The van der Waals surface area contributed by atoms with Crippen molar-refractivity contribution in [2.45, 2.75) is 20.3 Å². The predicted octanol–water partition coefficient (Wildman–Crippen LogP) is 3.85. The number of aromatic nitrogens is 3. The molecule has 0 fully saturated rings. The van der Waals surface area contributed by atoms with E-state index in [2.05, 4.69) is 37.0 Å². The number of urea groups is 1. The molecule has 0 aliphatic heterocycles. The van der Waals surface area contributed by atoms with Gasteiger partial charge >= 0.3 is 6.03 Å². The molecule has 2 amide bonds. The standard InChI is InChI=1S/C23H27N7O3/c1-23(2,14-24)8-9-25-22(31)29-16-4-7-20(26-13-16)30-21-18-6-5-17(33-11-10-32-3)12-19(18)27-15-28-21/h4-7,12-13,15H,8-11H2,1-3H3,(H2,25,29,31)(H,26,27,28,30). The first-order valence-corrected chi connectivity index (χ1v) is 10.5. The van der Waals surface area contributed by atoms with Gasteiger partial charge in [-0.05, 0) is 44.5 Å². The van der Waals surface area contributed by atoms with Crippen LogP contribution in [0.15, 0.2) is 42.9 Å². The average molecular weight is 450 g/mol. The lowest BCUT2D eigenvalue weighted by Crippen LogP contribution is -2.31. The molecule has 2 heterocycles. The van der Waals surface area contributed by atoms with E-state index in [-0.39, 0.29) is 6.03 Å². The maximum atomic E-state index is 12.0. The SMILES string of the molecule is COCCOc1ccc2c(Nc3ccc(NC(=O)NCCC(C)(C)C#N)cn3)ncnc2c1. The molecule has 3 aromatic rings. The maximum Gasteiger partial charge on any atom is 0.319 e. The number of anilines is 3. The minimum atomic E-state index is -0.480. The van der Waals surface area contributed by atoms with Crippen molar-refractivity contribution >= 4 is 34.3 Å². The molecule has 172 valence electrons. The summed E-state index contributed by atoms with van der Waals surface area (Å²) in [6, 6.07) is 10.9. The van der Waals surface area contributed by atoms with Crippen LogP contribution in [0.3, 0.4) is 0 Å². The largest absolute Gasteiger partial charge is 0.491 e. The third kappa shape index (κ3) is 7.02. The number of carbonyl (C=O) groups excluding carboxylic acids is 1. The molecule has 10 heteroatoms.